The van der Waals surface area contributed by atoms with E-state index in [9.17, 15) is 4.79 Å². The van der Waals surface area contributed by atoms with Gasteiger partial charge in [-0.3, -0.25) is 9.69 Å². The monoisotopic (exact) mass is 355 g/mol. The summed E-state index contributed by atoms with van der Waals surface area (Å²) in [6.45, 7) is 6.25. The SMILES string of the molecule is CCN(CC)c1ccc(/C=C2/OC(=NC)N(C3CCCCC3)C2=O)cc1. The molecule has 3 rings (SSSR count). The topological polar surface area (TPSA) is 45.1 Å². The summed E-state index contributed by atoms with van der Waals surface area (Å²) in [6, 6.07) is 8.89. The molecule has 0 spiro atoms. The van der Waals surface area contributed by atoms with Gasteiger partial charge in [-0.25, -0.2) is 4.99 Å². The van der Waals surface area contributed by atoms with Crippen LogP contribution in [0.3, 0.4) is 0 Å². The first-order valence-electron chi connectivity index (χ1n) is 9.72. The molecule has 1 aromatic rings. The Hall–Kier alpha value is -2.30. The van der Waals surface area contributed by atoms with Gasteiger partial charge < -0.3 is 9.64 Å². The molecule has 1 saturated carbocycles. The molecule has 140 valence electrons. The van der Waals surface area contributed by atoms with Crippen LogP contribution >= 0.6 is 0 Å². The first kappa shape index (κ1) is 18.5. The Morgan fingerprint density at radius 3 is 2.38 bits per heavy atom. The van der Waals surface area contributed by atoms with Crippen LogP contribution in [-0.4, -0.2) is 43.0 Å². The van der Waals surface area contributed by atoms with Gasteiger partial charge in [0.05, 0.1) is 0 Å². The van der Waals surface area contributed by atoms with Gasteiger partial charge in [-0.05, 0) is 50.5 Å². The van der Waals surface area contributed by atoms with Crippen molar-refractivity contribution in [1.82, 2.24) is 4.90 Å². The van der Waals surface area contributed by atoms with Crippen molar-refractivity contribution in [2.24, 2.45) is 4.99 Å². The van der Waals surface area contributed by atoms with E-state index in [2.05, 4.69) is 35.9 Å². The predicted octanol–water partition coefficient (Wildman–Crippen LogP) is 4.05. The van der Waals surface area contributed by atoms with Crippen molar-refractivity contribution in [3.05, 3.63) is 35.6 Å². The Kier molecular flexibility index (Phi) is 5.96. The molecule has 1 aliphatic carbocycles. The van der Waals surface area contributed by atoms with E-state index in [1.54, 1.807) is 11.9 Å². The highest BCUT2D eigenvalue weighted by Gasteiger charge is 2.39. The van der Waals surface area contributed by atoms with Crippen LogP contribution in [0.1, 0.15) is 51.5 Å². The summed E-state index contributed by atoms with van der Waals surface area (Å²) < 4.78 is 5.79. The maximum absolute atomic E-state index is 12.9. The molecule has 1 aromatic carbocycles. The Morgan fingerprint density at radius 1 is 1.15 bits per heavy atom. The lowest BCUT2D eigenvalue weighted by Crippen LogP contribution is -2.41. The van der Waals surface area contributed by atoms with E-state index in [1.807, 2.05) is 18.2 Å². The number of ether oxygens (including phenoxy) is 1. The number of hydrogen-bond acceptors (Lipinski definition) is 4. The summed E-state index contributed by atoms with van der Waals surface area (Å²) in [6.07, 6.45) is 7.45. The van der Waals surface area contributed by atoms with E-state index in [-0.39, 0.29) is 11.9 Å². The summed E-state index contributed by atoms with van der Waals surface area (Å²) in [7, 11) is 1.68. The third-order valence-corrected chi connectivity index (χ3v) is 5.29. The van der Waals surface area contributed by atoms with Gasteiger partial charge >= 0.3 is 0 Å². The molecule has 0 aromatic heterocycles. The fourth-order valence-corrected chi connectivity index (χ4v) is 3.82. The molecule has 2 aliphatic rings. The number of carbonyl (C=O) groups is 1. The van der Waals surface area contributed by atoms with Crippen LogP contribution in [0.2, 0.25) is 0 Å². The van der Waals surface area contributed by atoms with Crippen molar-refractivity contribution in [3.63, 3.8) is 0 Å². The molecule has 0 radical (unpaired) electrons. The second kappa shape index (κ2) is 8.39. The van der Waals surface area contributed by atoms with E-state index in [0.717, 1.165) is 44.3 Å². The van der Waals surface area contributed by atoms with Gasteiger partial charge in [0.2, 0.25) is 0 Å². The van der Waals surface area contributed by atoms with Crippen LogP contribution in [-0.2, 0) is 9.53 Å². The van der Waals surface area contributed by atoms with Gasteiger partial charge in [0.15, 0.2) is 5.76 Å². The quantitative estimate of drug-likeness (QED) is 0.749. The molecular formula is C21H29N3O2. The molecule has 1 heterocycles. The summed E-state index contributed by atoms with van der Waals surface area (Å²) in [5, 5.41) is 0. The summed E-state index contributed by atoms with van der Waals surface area (Å²) in [5.41, 5.74) is 2.15. The Labute approximate surface area is 156 Å². The van der Waals surface area contributed by atoms with E-state index >= 15 is 0 Å². The van der Waals surface area contributed by atoms with Gasteiger partial charge in [-0.2, -0.15) is 0 Å². The largest absolute Gasteiger partial charge is 0.420 e. The molecule has 2 fully saturated rings. The number of carbonyl (C=O) groups excluding carboxylic acids is 1. The first-order chi connectivity index (χ1) is 12.7. The van der Waals surface area contributed by atoms with Crippen LogP contribution < -0.4 is 4.90 Å². The molecule has 5 nitrogen and oxygen atoms in total. The van der Waals surface area contributed by atoms with E-state index in [0.29, 0.717) is 11.8 Å². The smallest absolute Gasteiger partial charge is 0.300 e. The van der Waals surface area contributed by atoms with Crippen molar-refractivity contribution in [2.45, 2.75) is 52.0 Å². The summed E-state index contributed by atoms with van der Waals surface area (Å²) >= 11 is 0. The second-order valence-electron chi connectivity index (χ2n) is 6.85. The molecule has 1 saturated heterocycles. The normalized spacial score (nSPS) is 21.5. The molecule has 5 heteroatoms. The highest BCUT2D eigenvalue weighted by molar-refractivity contribution is 6.11. The van der Waals surface area contributed by atoms with Crippen LogP contribution in [0.4, 0.5) is 5.69 Å². The zero-order valence-corrected chi connectivity index (χ0v) is 16.1. The molecular weight excluding hydrogens is 326 g/mol. The second-order valence-corrected chi connectivity index (χ2v) is 6.85. The minimum absolute atomic E-state index is 0.0645. The zero-order chi connectivity index (χ0) is 18.5. The molecule has 1 aliphatic heterocycles. The lowest BCUT2D eigenvalue weighted by Gasteiger charge is -2.28. The Morgan fingerprint density at radius 2 is 1.81 bits per heavy atom. The van der Waals surface area contributed by atoms with Gasteiger partial charge in [0.1, 0.15) is 0 Å². The van der Waals surface area contributed by atoms with Crippen LogP contribution in [0.5, 0.6) is 0 Å². The molecule has 0 atom stereocenters. The number of benzene rings is 1. The average molecular weight is 355 g/mol. The molecule has 26 heavy (non-hydrogen) atoms. The average Bonchev–Trinajstić information content (AvgIpc) is 3.00. The van der Waals surface area contributed by atoms with Gasteiger partial charge in [0, 0.05) is 31.9 Å². The van der Waals surface area contributed by atoms with Crippen LogP contribution in [0, 0.1) is 0 Å². The van der Waals surface area contributed by atoms with Crippen molar-refractivity contribution in [1.29, 1.82) is 0 Å². The van der Waals surface area contributed by atoms with Crippen molar-refractivity contribution >= 4 is 23.7 Å². The highest BCUT2D eigenvalue weighted by Crippen LogP contribution is 2.29. The summed E-state index contributed by atoms with van der Waals surface area (Å²) in [4.78, 5) is 21.1. The first-order valence-corrected chi connectivity index (χ1v) is 9.72. The number of aliphatic imine (C=N–C) groups is 1. The number of hydrogen-bond donors (Lipinski definition) is 0. The van der Waals surface area contributed by atoms with Crippen molar-refractivity contribution < 1.29 is 9.53 Å². The third-order valence-electron chi connectivity index (χ3n) is 5.29. The molecule has 0 N–H and O–H groups in total. The van der Waals surface area contributed by atoms with E-state index in [1.165, 1.54) is 12.1 Å². The number of anilines is 1. The molecule has 1 amide bonds. The number of rotatable bonds is 5. The standard InChI is InChI=1S/C21H29N3O2/c1-4-23(5-2)17-13-11-16(12-14-17)15-19-20(25)24(21(22-3)26-19)18-9-7-6-8-10-18/h11-15,18H,4-10H2,1-3H3/b19-15+,22-21?. The van der Waals surface area contributed by atoms with Crippen molar-refractivity contribution in [2.75, 3.05) is 25.0 Å². The fraction of sp³-hybridized carbons (Fsp3) is 0.524. The van der Waals surface area contributed by atoms with E-state index < -0.39 is 0 Å². The number of amides is 1. The van der Waals surface area contributed by atoms with Gasteiger partial charge in [-0.1, -0.05) is 31.4 Å². The Balaban J connectivity index is 1.79. The minimum atomic E-state index is -0.0645. The highest BCUT2D eigenvalue weighted by atomic mass is 16.5. The lowest BCUT2D eigenvalue weighted by atomic mass is 9.94. The van der Waals surface area contributed by atoms with Crippen molar-refractivity contribution in [3.8, 4) is 0 Å². The number of amidine groups is 1. The van der Waals surface area contributed by atoms with Crippen LogP contribution in [0.15, 0.2) is 35.0 Å². The van der Waals surface area contributed by atoms with Crippen LogP contribution in [0.25, 0.3) is 6.08 Å². The fourth-order valence-electron chi connectivity index (χ4n) is 3.82. The minimum Gasteiger partial charge on any atom is -0.420 e. The lowest BCUT2D eigenvalue weighted by molar-refractivity contribution is -0.124. The Bertz CT molecular complexity index is 684. The van der Waals surface area contributed by atoms with Gasteiger partial charge in [-0.15, -0.1) is 0 Å². The zero-order valence-electron chi connectivity index (χ0n) is 16.1. The van der Waals surface area contributed by atoms with Gasteiger partial charge in [0.25, 0.3) is 11.9 Å². The molecule has 0 unspecified atom stereocenters. The third kappa shape index (κ3) is 3.76. The maximum atomic E-state index is 12.9. The maximum Gasteiger partial charge on any atom is 0.300 e. The number of nitrogens with zero attached hydrogens (tertiary/aromatic N) is 3. The molecule has 0 bridgehead atoms. The predicted molar refractivity (Wildman–Crippen MR) is 106 cm³/mol. The van der Waals surface area contributed by atoms with E-state index in [4.69, 9.17) is 4.74 Å². The summed E-state index contributed by atoms with van der Waals surface area (Å²) in [5.74, 6) is 0.303.